The molecule has 0 atom stereocenters. The molecular formula is C48H99AlO12. The fraction of sp³-hybridized carbons (Fsp3) is 1.00. The van der Waals surface area contributed by atoms with Crippen LogP contribution in [0, 0.1) is 0 Å². The molecule has 0 saturated heterocycles. The van der Waals surface area contributed by atoms with Crippen LogP contribution < -0.4 is 15.3 Å². The number of hydrogen-bond donors (Lipinski definition) is 0. The van der Waals surface area contributed by atoms with Gasteiger partial charge in [-0.1, -0.05) is 139 Å². The summed E-state index contributed by atoms with van der Waals surface area (Å²) in [6.07, 6.45) is 21.6. The average molecular weight is 895 g/mol. The Bertz CT molecular complexity index is 618. The summed E-state index contributed by atoms with van der Waals surface area (Å²) in [5.41, 5.74) is 0. The fourth-order valence-corrected chi connectivity index (χ4v) is 5.24. The number of unbranched alkanes of at least 4 members (excludes halogenated alkanes) is 9. The molecule has 0 aromatic heterocycles. The van der Waals surface area contributed by atoms with E-state index < -0.39 is 17.9 Å². The van der Waals surface area contributed by atoms with Crippen molar-refractivity contribution in [2.45, 2.75) is 234 Å². The molecule has 0 rings (SSSR count). The zero-order valence-corrected chi connectivity index (χ0v) is 42.6. The third-order valence-corrected chi connectivity index (χ3v) is 9.26. The van der Waals surface area contributed by atoms with Crippen LogP contribution in [0.5, 0.6) is 0 Å². The Morgan fingerprint density at radius 3 is 0.475 bits per heavy atom. The van der Waals surface area contributed by atoms with Crippen molar-refractivity contribution in [1.29, 1.82) is 0 Å². The molecule has 0 aromatic rings. The van der Waals surface area contributed by atoms with Crippen molar-refractivity contribution in [2.24, 2.45) is 0 Å². The molecule has 0 spiro atoms. The Hall–Kier alpha value is 0.0525. The zero-order valence-electron chi connectivity index (χ0n) is 41.4. The summed E-state index contributed by atoms with van der Waals surface area (Å²) in [7, 11) is 0. The third-order valence-electron chi connectivity index (χ3n) is 9.26. The number of hydrogen-bond acceptors (Lipinski definition) is 12. The van der Waals surface area contributed by atoms with Crippen LogP contribution in [0.25, 0.3) is 0 Å². The van der Waals surface area contributed by atoms with Crippen molar-refractivity contribution in [3.8, 4) is 0 Å². The molecule has 0 aliphatic rings. The summed E-state index contributed by atoms with van der Waals surface area (Å²) in [5, 5.41) is 32.4. The summed E-state index contributed by atoms with van der Waals surface area (Å²) in [6, 6.07) is 0. The van der Waals surface area contributed by atoms with Crippen molar-refractivity contribution in [2.75, 3.05) is 79.3 Å². The molecule has 0 unspecified atom stereocenters. The van der Waals surface area contributed by atoms with E-state index in [1.807, 2.05) is 0 Å². The van der Waals surface area contributed by atoms with E-state index in [0.29, 0.717) is 98.0 Å². The average Bonchev–Trinajstić information content (AvgIpc) is 3.25. The van der Waals surface area contributed by atoms with E-state index in [9.17, 15) is 15.3 Å². The molecule has 0 aliphatic heterocycles. The second-order valence-electron chi connectivity index (χ2n) is 15.3. The van der Waals surface area contributed by atoms with E-state index in [0.717, 1.165) is 116 Å². The summed E-state index contributed by atoms with van der Waals surface area (Å²) in [4.78, 5) is 0. The van der Waals surface area contributed by atoms with Crippen LogP contribution in [0.1, 0.15) is 216 Å². The Labute approximate surface area is 387 Å². The maximum atomic E-state index is 10.8. The van der Waals surface area contributed by atoms with Crippen molar-refractivity contribution in [1.82, 2.24) is 0 Å². The van der Waals surface area contributed by atoms with Gasteiger partial charge >= 0.3 is 17.4 Å². The number of rotatable bonds is 45. The van der Waals surface area contributed by atoms with Crippen molar-refractivity contribution in [3.05, 3.63) is 0 Å². The van der Waals surface area contributed by atoms with Gasteiger partial charge in [0.05, 0.1) is 59.5 Å². The van der Waals surface area contributed by atoms with Crippen molar-refractivity contribution >= 4 is 17.4 Å². The van der Waals surface area contributed by atoms with Gasteiger partial charge in [0.2, 0.25) is 0 Å². The Morgan fingerprint density at radius 2 is 0.377 bits per heavy atom. The summed E-state index contributed by atoms with van der Waals surface area (Å²) < 4.78 is 52.9. The van der Waals surface area contributed by atoms with Gasteiger partial charge in [-0.05, 0) is 57.8 Å². The van der Waals surface area contributed by atoms with Crippen LogP contribution in [-0.4, -0.2) is 115 Å². The molecule has 13 heteroatoms. The van der Waals surface area contributed by atoms with Gasteiger partial charge in [-0.3, -0.25) is 0 Å². The van der Waals surface area contributed by atoms with E-state index in [4.69, 9.17) is 42.6 Å². The minimum atomic E-state index is -0.996. The van der Waals surface area contributed by atoms with E-state index in [1.165, 1.54) is 0 Å². The summed E-state index contributed by atoms with van der Waals surface area (Å²) in [6.45, 7) is 24.3. The SMILES string of the molecule is CCCCOC(CCC[O-])(OCCCC)OCCCC.CCCCOC(CCC[O-])(OCCCC)OCCCC.CCCCOC(CCC[O-])(OCCCC)OCCCC.[Al+3]. The smallest absolute Gasteiger partial charge is 0.854 e. The topological polar surface area (TPSA) is 152 Å². The zero-order chi connectivity index (χ0) is 45.3. The van der Waals surface area contributed by atoms with Gasteiger partial charge in [-0.15, -0.1) is 19.8 Å². The van der Waals surface area contributed by atoms with Crippen LogP contribution in [-0.2, 0) is 42.6 Å². The molecule has 0 fully saturated rings. The molecule has 0 aliphatic carbocycles. The molecule has 0 aromatic carbocycles. The maximum absolute atomic E-state index is 10.8. The quantitative estimate of drug-likeness (QED) is 0.0325. The Balaban J connectivity index is -0.000000396. The van der Waals surface area contributed by atoms with E-state index in [2.05, 4.69) is 62.3 Å². The molecule has 0 amide bonds. The fourth-order valence-electron chi connectivity index (χ4n) is 5.24. The molecule has 12 nitrogen and oxygen atoms in total. The number of ether oxygens (including phenoxy) is 9. The van der Waals surface area contributed by atoms with Gasteiger partial charge in [0.25, 0.3) is 17.9 Å². The second kappa shape index (κ2) is 52.7. The predicted octanol–water partition coefficient (Wildman–Crippen LogP) is 9.31. The van der Waals surface area contributed by atoms with Crippen LogP contribution in [0.3, 0.4) is 0 Å². The van der Waals surface area contributed by atoms with E-state index in [1.54, 1.807) is 0 Å². The van der Waals surface area contributed by atoms with Gasteiger partial charge in [-0.25, -0.2) is 0 Å². The standard InChI is InChI=1S/3C16H33O4.Al/c3*1-4-7-13-18-16(11-10-12-17,19-14-8-5-2)20-15-9-6-3;/h3*4-15H2,1-3H3;/q3*-1;+3. The van der Waals surface area contributed by atoms with Gasteiger partial charge in [0.15, 0.2) is 0 Å². The Kier molecular flexibility index (Phi) is 58.4. The first-order valence-electron chi connectivity index (χ1n) is 24.7. The van der Waals surface area contributed by atoms with Gasteiger partial charge in [-0.2, -0.15) is 0 Å². The van der Waals surface area contributed by atoms with Gasteiger partial charge in [0.1, 0.15) is 0 Å². The molecule has 61 heavy (non-hydrogen) atoms. The molecule has 0 saturated carbocycles. The van der Waals surface area contributed by atoms with Crippen LogP contribution in [0.15, 0.2) is 0 Å². The van der Waals surface area contributed by atoms with Crippen molar-refractivity contribution in [3.63, 3.8) is 0 Å². The van der Waals surface area contributed by atoms with Crippen LogP contribution in [0.4, 0.5) is 0 Å². The van der Waals surface area contributed by atoms with Gasteiger partial charge < -0.3 is 58.0 Å². The van der Waals surface area contributed by atoms with Gasteiger partial charge in [0, 0.05) is 19.3 Å². The molecule has 0 heterocycles. The normalized spacial score (nSPS) is 11.8. The summed E-state index contributed by atoms with van der Waals surface area (Å²) in [5.74, 6) is -2.99. The first-order chi connectivity index (χ1) is 29.2. The summed E-state index contributed by atoms with van der Waals surface area (Å²) >= 11 is 0. The molecule has 0 radical (unpaired) electrons. The van der Waals surface area contributed by atoms with Crippen LogP contribution >= 0.6 is 0 Å². The molecule has 0 N–H and O–H groups in total. The minimum absolute atomic E-state index is 0. The van der Waals surface area contributed by atoms with Crippen LogP contribution in [0.2, 0.25) is 0 Å². The second-order valence-corrected chi connectivity index (χ2v) is 15.3. The first kappa shape index (κ1) is 67.6. The van der Waals surface area contributed by atoms with Crippen molar-refractivity contribution < 1.29 is 58.0 Å². The maximum Gasteiger partial charge on any atom is 3.00 e. The molecule has 0 bridgehead atoms. The molecular weight excluding hydrogens is 795 g/mol. The third kappa shape index (κ3) is 42.4. The first-order valence-corrected chi connectivity index (χ1v) is 24.7. The van der Waals surface area contributed by atoms with E-state index >= 15 is 0 Å². The Morgan fingerprint density at radius 1 is 0.246 bits per heavy atom. The van der Waals surface area contributed by atoms with E-state index in [-0.39, 0.29) is 37.2 Å². The minimum Gasteiger partial charge on any atom is -0.854 e. The predicted molar refractivity (Wildman–Crippen MR) is 244 cm³/mol. The molecule has 366 valence electrons. The largest absolute Gasteiger partial charge is 3.00 e. The monoisotopic (exact) mass is 895 g/mol.